The number of nitrogens with zero attached hydrogens (tertiary/aromatic N) is 3. The Bertz CT molecular complexity index is 1200. The number of sulfonamides is 1. The number of aromatic amines is 1. The van der Waals surface area contributed by atoms with Crippen molar-refractivity contribution in [2.24, 2.45) is 0 Å². The quantitative estimate of drug-likeness (QED) is 0.558. The van der Waals surface area contributed by atoms with Gasteiger partial charge in [-0.1, -0.05) is 12.1 Å². The number of thiophene rings is 1. The Kier molecular flexibility index (Phi) is 3.93. The first-order valence-corrected chi connectivity index (χ1v) is 9.79. The van der Waals surface area contributed by atoms with Gasteiger partial charge in [-0.25, -0.2) is 12.8 Å². The van der Waals surface area contributed by atoms with Crippen LogP contribution in [0.4, 0.5) is 10.1 Å². The van der Waals surface area contributed by atoms with Gasteiger partial charge in [0.25, 0.3) is 10.0 Å². The van der Waals surface area contributed by atoms with Crippen molar-refractivity contribution in [3.63, 3.8) is 0 Å². The first kappa shape index (κ1) is 16.6. The van der Waals surface area contributed by atoms with Crippen molar-refractivity contribution in [3.05, 3.63) is 53.8 Å². The summed E-state index contributed by atoms with van der Waals surface area (Å²) in [6.45, 7) is 1.67. The van der Waals surface area contributed by atoms with Crippen molar-refractivity contribution in [3.8, 4) is 11.4 Å². The molecule has 0 unspecified atom stereocenters. The van der Waals surface area contributed by atoms with Crippen LogP contribution >= 0.6 is 11.3 Å². The van der Waals surface area contributed by atoms with E-state index in [2.05, 4.69) is 25.3 Å². The highest BCUT2D eigenvalue weighted by Crippen LogP contribution is 2.35. The number of anilines is 1. The minimum absolute atomic E-state index is 0.156. The van der Waals surface area contributed by atoms with Crippen molar-refractivity contribution in [1.29, 1.82) is 0 Å². The maximum absolute atomic E-state index is 13.5. The van der Waals surface area contributed by atoms with Crippen molar-refractivity contribution in [2.45, 2.75) is 11.1 Å². The van der Waals surface area contributed by atoms with Gasteiger partial charge in [-0.3, -0.25) is 4.72 Å². The fraction of sp³-hybridized carbons (Fsp3) is 0.0625. The number of hydrogen-bond donors (Lipinski definition) is 2. The van der Waals surface area contributed by atoms with Gasteiger partial charge < -0.3 is 0 Å². The topological polar surface area (TPSA) is 101 Å². The molecular weight excluding hydrogens is 377 g/mol. The van der Waals surface area contributed by atoms with Gasteiger partial charge in [-0.05, 0) is 53.4 Å². The average Bonchev–Trinajstić information content (AvgIpc) is 3.24. The molecule has 2 heterocycles. The number of rotatable bonds is 4. The molecule has 0 radical (unpaired) electrons. The lowest BCUT2D eigenvalue weighted by Gasteiger charge is -2.08. The van der Waals surface area contributed by atoms with Crippen LogP contribution in [0.5, 0.6) is 0 Å². The smallest absolute Gasteiger partial charge is 0.271 e. The van der Waals surface area contributed by atoms with Crippen LogP contribution in [0.3, 0.4) is 0 Å². The van der Waals surface area contributed by atoms with E-state index in [1.807, 2.05) is 0 Å². The number of halogens is 1. The van der Waals surface area contributed by atoms with E-state index >= 15 is 0 Å². The van der Waals surface area contributed by atoms with Gasteiger partial charge in [-0.2, -0.15) is 5.21 Å². The number of aromatic nitrogens is 4. The molecule has 0 saturated heterocycles. The number of H-pyrrole nitrogens is 1. The summed E-state index contributed by atoms with van der Waals surface area (Å²) < 4.78 is 42.6. The molecular formula is C16H12FN5O2S2. The molecule has 26 heavy (non-hydrogen) atoms. The largest absolute Gasteiger partial charge is 0.279 e. The van der Waals surface area contributed by atoms with Crippen molar-refractivity contribution >= 4 is 37.1 Å². The van der Waals surface area contributed by atoms with E-state index in [1.165, 1.54) is 12.1 Å². The maximum Gasteiger partial charge on any atom is 0.271 e. The van der Waals surface area contributed by atoms with Crippen LogP contribution in [0.25, 0.3) is 21.5 Å². The lowest BCUT2D eigenvalue weighted by atomic mass is 10.2. The van der Waals surface area contributed by atoms with Gasteiger partial charge in [0.1, 0.15) is 10.0 Å². The third-order valence-electron chi connectivity index (χ3n) is 3.82. The number of tetrazole rings is 1. The summed E-state index contributed by atoms with van der Waals surface area (Å²) in [5.74, 6) is -0.0392. The predicted molar refractivity (Wildman–Crippen MR) is 96.9 cm³/mol. The molecule has 0 bridgehead atoms. The molecule has 0 aliphatic heterocycles. The Morgan fingerprint density at radius 1 is 1.19 bits per heavy atom. The van der Waals surface area contributed by atoms with Crippen LogP contribution < -0.4 is 4.72 Å². The summed E-state index contributed by atoms with van der Waals surface area (Å²) in [4.78, 5) is 0. The van der Waals surface area contributed by atoms with Crippen molar-refractivity contribution < 1.29 is 12.8 Å². The minimum atomic E-state index is -3.82. The Labute approximate surface area is 151 Å². The molecule has 10 heteroatoms. The zero-order chi connectivity index (χ0) is 18.3. The number of nitrogens with one attached hydrogen (secondary N) is 2. The molecule has 0 aliphatic carbocycles. The Balaban J connectivity index is 1.72. The number of hydrogen-bond acceptors (Lipinski definition) is 6. The summed E-state index contributed by atoms with van der Waals surface area (Å²) >= 11 is 1.10. The first-order chi connectivity index (χ1) is 12.4. The van der Waals surface area contributed by atoms with Gasteiger partial charge in [0.15, 0.2) is 0 Å². The van der Waals surface area contributed by atoms with Crippen LogP contribution in [0.15, 0.2) is 46.7 Å². The lowest BCUT2D eigenvalue weighted by Crippen LogP contribution is -2.12. The highest BCUT2D eigenvalue weighted by molar-refractivity contribution is 7.94. The highest BCUT2D eigenvalue weighted by Gasteiger charge is 2.22. The molecule has 0 atom stereocenters. The van der Waals surface area contributed by atoms with Crippen LogP contribution in [0.1, 0.15) is 5.56 Å². The Morgan fingerprint density at radius 3 is 2.81 bits per heavy atom. The lowest BCUT2D eigenvalue weighted by molar-refractivity contribution is 0.602. The van der Waals surface area contributed by atoms with E-state index in [1.54, 1.807) is 37.3 Å². The third-order valence-corrected chi connectivity index (χ3v) is 7.09. The average molecular weight is 389 g/mol. The monoisotopic (exact) mass is 389 g/mol. The second kappa shape index (κ2) is 6.15. The molecule has 0 aliphatic rings. The molecule has 2 aromatic carbocycles. The van der Waals surface area contributed by atoms with Crippen LogP contribution in [-0.4, -0.2) is 29.0 Å². The maximum atomic E-state index is 13.5. The SMILES string of the molecule is Cc1c(S(=O)(=O)Nc2cccc(-c3nn[nH]n3)c2)sc2ccc(F)cc12. The molecule has 2 N–H and O–H groups in total. The number of fused-ring (bicyclic) bond motifs is 1. The predicted octanol–water partition coefficient (Wildman–Crippen LogP) is 3.33. The van der Waals surface area contributed by atoms with Gasteiger partial charge in [0.05, 0.1) is 0 Å². The van der Waals surface area contributed by atoms with E-state index in [0.717, 1.165) is 11.3 Å². The molecule has 0 spiro atoms. The standard InChI is InChI=1S/C16H12FN5O2S2/c1-9-13-8-11(17)5-6-14(13)25-16(9)26(23,24)20-12-4-2-3-10(7-12)15-18-21-22-19-15/h2-8,20H,1H3,(H,18,19,21,22). The van der Waals surface area contributed by atoms with E-state index < -0.39 is 15.8 Å². The Morgan fingerprint density at radius 2 is 2.04 bits per heavy atom. The summed E-state index contributed by atoms with van der Waals surface area (Å²) in [7, 11) is -3.82. The highest BCUT2D eigenvalue weighted by atomic mass is 32.2. The number of benzene rings is 2. The molecule has 2 aromatic heterocycles. The summed E-state index contributed by atoms with van der Waals surface area (Å²) in [6.07, 6.45) is 0. The second-order valence-corrected chi connectivity index (χ2v) is 8.51. The van der Waals surface area contributed by atoms with E-state index in [9.17, 15) is 12.8 Å². The zero-order valence-corrected chi connectivity index (χ0v) is 15.0. The first-order valence-electron chi connectivity index (χ1n) is 7.49. The van der Waals surface area contributed by atoms with E-state index in [4.69, 9.17) is 0 Å². The number of aryl methyl sites for hydroxylation is 1. The van der Waals surface area contributed by atoms with Gasteiger partial charge in [0.2, 0.25) is 5.82 Å². The van der Waals surface area contributed by atoms with Crippen molar-refractivity contribution in [2.75, 3.05) is 4.72 Å². The normalized spacial score (nSPS) is 11.8. The summed E-state index contributed by atoms with van der Waals surface area (Å²) in [5, 5.41) is 14.2. The van der Waals surface area contributed by atoms with Gasteiger partial charge >= 0.3 is 0 Å². The van der Waals surface area contributed by atoms with E-state index in [0.29, 0.717) is 32.7 Å². The van der Waals surface area contributed by atoms with Crippen LogP contribution in [-0.2, 0) is 10.0 Å². The molecule has 0 fully saturated rings. The molecule has 4 aromatic rings. The van der Waals surface area contributed by atoms with Crippen LogP contribution in [0.2, 0.25) is 0 Å². The summed E-state index contributed by atoms with van der Waals surface area (Å²) in [5.41, 5.74) is 1.51. The molecule has 0 amide bonds. The fourth-order valence-corrected chi connectivity index (χ4v) is 5.43. The zero-order valence-electron chi connectivity index (χ0n) is 13.4. The van der Waals surface area contributed by atoms with Gasteiger partial charge in [-0.15, -0.1) is 21.5 Å². The second-order valence-electron chi connectivity index (χ2n) is 5.58. The summed E-state index contributed by atoms with van der Waals surface area (Å²) in [6, 6.07) is 10.9. The minimum Gasteiger partial charge on any atom is -0.279 e. The van der Waals surface area contributed by atoms with Crippen LogP contribution in [0, 0.1) is 12.7 Å². The fourth-order valence-electron chi connectivity index (χ4n) is 2.63. The molecule has 4 rings (SSSR count). The Hall–Kier alpha value is -2.85. The molecule has 7 nitrogen and oxygen atoms in total. The molecule has 0 saturated carbocycles. The van der Waals surface area contributed by atoms with E-state index in [-0.39, 0.29) is 4.21 Å². The van der Waals surface area contributed by atoms with Crippen molar-refractivity contribution in [1.82, 2.24) is 20.6 Å². The molecule has 132 valence electrons. The third kappa shape index (κ3) is 2.93. The van der Waals surface area contributed by atoms with Gasteiger partial charge in [0, 0.05) is 16.0 Å².